The normalized spacial score (nSPS) is 17.0. The predicted molar refractivity (Wildman–Crippen MR) is 184 cm³/mol. The second-order valence-corrected chi connectivity index (χ2v) is 14.5. The van der Waals surface area contributed by atoms with E-state index in [1.807, 2.05) is 30.3 Å². The fourth-order valence-corrected chi connectivity index (χ4v) is 8.38. The smallest absolute Gasteiger partial charge is 0.328 e. The minimum absolute atomic E-state index is 0.0140. The maximum atomic E-state index is 13.9. The molecule has 0 bridgehead atoms. The Labute approximate surface area is 297 Å². The molecule has 10 nitrogen and oxygen atoms in total. The summed E-state index contributed by atoms with van der Waals surface area (Å²) in [5.41, 5.74) is 1.98. The first-order valence-electron chi connectivity index (χ1n) is 14.5. The molecule has 2 amide bonds. The maximum absolute atomic E-state index is 13.9. The average molecular weight is 750 g/mol. The first-order valence-corrected chi connectivity index (χ1v) is 17.4. The van der Waals surface area contributed by atoms with Gasteiger partial charge >= 0.3 is 5.97 Å². The number of anilines is 1. The van der Waals surface area contributed by atoms with Crippen LogP contribution in [0.25, 0.3) is 0 Å². The van der Waals surface area contributed by atoms with Gasteiger partial charge in [0.05, 0.1) is 27.6 Å². The summed E-state index contributed by atoms with van der Waals surface area (Å²) < 4.78 is 33.9. The number of amides is 2. The molecule has 4 aromatic rings. The topological polar surface area (TPSA) is 135 Å². The van der Waals surface area contributed by atoms with Crippen LogP contribution in [0.3, 0.4) is 0 Å². The van der Waals surface area contributed by atoms with E-state index in [0.717, 1.165) is 9.87 Å². The third-order valence-corrected chi connectivity index (χ3v) is 10.7. The van der Waals surface area contributed by atoms with E-state index in [2.05, 4.69) is 15.6 Å². The molecule has 5 rings (SSSR count). The van der Waals surface area contributed by atoms with Gasteiger partial charge in [-0.15, -0.1) is 0 Å². The van der Waals surface area contributed by atoms with Crippen molar-refractivity contribution in [3.8, 4) is 0 Å². The summed E-state index contributed by atoms with van der Waals surface area (Å²) in [7, 11) is -3.06. The van der Waals surface area contributed by atoms with Crippen molar-refractivity contribution in [2.45, 2.75) is 35.7 Å². The van der Waals surface area contributed by atoms with E-state index in [1.165, 1.54) is 37.7 Å². The number of carbonyl (C=O) groups is 3. The van der Waals surface area contributed by atoms with Crippen molar-refractivity contribution in [1.29, 1.82) is 0 Å². The molecule has 3 atom stereocenters. The number of rotatable bonds is 10. The van der Waals surface area contributed by atoms with Gasteiger partial charge in [-0.05, 0) is 53.8 Å². The molecule has 0 aliphatic carbocycles. The second-order valence-electron chi connectivity index (χ2n) is 11.0. The third kappa shape index (κ3) is 8.11. The van der Waals surface area contributed by atoms with Crippen molar-refractivity contribution in [2.24, 2.45) is 0 Å². The molecule has 1 aliphatic rings. The number of halogens is 4. The molecule has 250 valence electrons. The second kappa shape index (κ2) is 15.2. The van der Waals surface area contributed by atoms with Gasteiger partial charge in [0.1, 0.15) is 12.1 Å². The van der Waals surface area contributed by atoms with Gasteiger partial charge in [-0.1, -0.05) is 88.9 Å². The van der Waals surface area contributed by atoms with Gasteiger partial charge in [0, 0.05) is 41.1 Å². The summed E-state index contributed by atoms with van der Waals surface area (Å²) in [6, 6.07) is 17.5. The first-order chi connectivity index (χ1) is 22.9. The predicted octanol–water partition coefficient (Wildman–Crippen LogP) is 6.39. The van der Waals surface area contributed by atoms with Crippen LogP contribution < -0.4 is 10.6 Å². The SMILES string of the molecule is COC(=O)[C@H](Cc1ccc(NC(=O)c2c(Cl)cncc2Cl)cc1)NC(=O)C1CC(c2ccccc2)CN1S(=O)(=O)c1cc(Cl)cc(Cl)c1. The highest BCUT2D eigenvalue weighted by Crippen LogP contribution is 2.37. The number of nitrogens with zero attached hydrogens (tertiary/aromatic N) is 2. The Bertz CT molecular complexity index is 1910. The number of sulfonamides is 1. The zero-order valence-electron chi connectivity index (χ0n) is 25.2. The molecule has 0 radical (unpaired) electrons. The van der Waals surface area contributed by atoms with Crippen LogP contribution in [0.15, 0.2) is 90.1 Å². The number of ether oxygens (including phenoxy) is 1. The van der Waals surface area contributed by atoms with Crippen LogP contribution in [-0.2, 0) is 30.8 Å². The summed E-state index contributed by atoms with van der Waals surface area (Å²) in [5.74, 6) is -2.24. The lowest BCUT2D eigenvalue weighted by Gasteiger charge is -2.25. The van der Waals surface area contributed by atoms with Gasteiger partial charge < -0.3 is 15.4 Å². The van der Waals surface area contributed by atoms with Gasteiger partial charge in [-0.3, -0.25) is 14.6 Å². The van der Waals surface area contributed by atoms with E-state index in [1.54, 1.807) is 24.3 Å². The van der Waals surface area contributed by atoms with Crippen LogP contribution in [0.1, 0.15) is 33.8 Å². The Hall–Kier alpha value is -3.71. The highest BCUT2D eigenvalue weighted by atomic mass is 35.5. The van der Waals surface area contributed by atoms with Crippen molar-refractivity contribution >= 4 is 79.9 Å². The first kappa shape index (κ1) is 35.6. The van der Waals surface area contributed by atoms with E-state index in [0.29, 0.717) is 11.3 Å². The molecular weight excluding hydrogens is 722 g/mol. The van der Waals surface area contributed by atoms with Crippen LogP contribution in [0.4, 0.5) is 5.69 Å². The molecule has 0 saturated carbocycles. The van der Waals surface area contributed by atoms with E-state index < -0.39 is 39.9 Å². The fraction of sp³-hybridized carbons (Fsp3) is 0.212. The van der Waals surface area contributed by atoms with Crippen molar-refractivity contribution < 1.29 is 27.5 Å². The van der Waals surface area contributed by atoms with Crippen molar-refractivity contribution in [1.82, 2.24) is 14.6 Å². The van der Waals surface area contributed by atoms with Gasteiger partial charge in [-0.2, -0.15) is 4.31 Å². The summed E-state index contributed by atoms with van der Waals surface area (Å²) in [4.78, 5) is 43.2. The summed E-state index contributed by atoms with van der Waals surface area (Å²) in [6.45, 7) is 0.0144. The Morgan fingerprint density at radius 2 is 1.56 bits per heavy atom. The van der Waals surface area contributed by atoms with E-state index in [9.17, 15) is 22.8 Å². The van der Waals surface area contributed by atoms with Crippen molar-refractivity contribution in [3.63, 3.8) is 0 Å². The number of aromatic nitrogens is 1. The molecule has 1 fully saturated rings. The number of carbonyl (C=O) groups excluding carboxylic acids is 3. The number of hydrogen-bond acceptors (Lipinski definition) is 7. The molecule has 1 aromatic heterocycles. The fourth-order valence-electron chi connectivity index (χ4n) is 5.47. The van der Waals surface area contributed by atoms with Gasteiger partial charge in [-0.25, -0.2) is 13.2 Å². The largest absolute Gasteiger partial charge is 0.467 e. The minimum atomic E-state index is -4.25. The summed E-state index contributed by atoms with van der Waals surface area (Å²) >= 11 is 24.4. The van der Waals surface area contributed by atoms with Gasteiger partial charge in [0.25, 0.3) is 5.91 Å². The Morgan fingerprint density at radius 1 is 0.938 bits per heavy atom. The monoisotopic (exact) mass is 748 g/mol. The lowest BCUT2D eigenvalue weighted by atomic mass is 9.96. The average Bonchev–Trinajstić information content (AvgIpc) is 3.52. The Kier molecular flexibility index (Phi) is 11.3. The van der Waals surface area contributed by atoms with Crippen LogP contribution >= 0.6 is 46.4 Å². The van der Waals surface area contributed by atoms with E-state index >= 15 is 0 Å². The molecule has 2 unspecified atom stereocenters. The third-order valence-electron chi connectivity index (χ3n) is 7.81. The van der Waals surface area contributed by atoms with Crippen LogP contribution in [0, 0.1) is 0 Å². The quantitative estimate of drug-likeness (QED) is 0.179. The maximum Gasteiger partial charge on any atom is 0.328 e. The van der Waals surface area contributed by atoms with Crippen molar-refractivity contribution in [3.05, 3.63) is 122 Å². The number of nitrogens with one attached hydrogen (secondary N) is 2. The van der Waals surface area contributed by atoms with Crippen molar-refractivity contribution in [2.75, 3.05) is 19.0 Å². The zero-order valence-corrected chi connectivity index (χ0v) is 29.0. The zero-order chi connectivity index (χ0) is 34.6. The minimum Gasteiger partial charge on any atom is -0.467 e. The molecule has 48 heavy (non-hydrogen) atoms. The molecular formula is C33H28Cl4N4O6S. The molecule has 1 aliphatic heterocycles. The molecule has 2 heterocycles. The molecule has 1 saturated heterocycles. The van der Waals surface area contributed by atoms with Crippen LogP contribution in [0.5, 0.6) is 0 Å². The lowest BCUT2D eigenvalue weighted by Crippen LogP contribution is -2.51. The number of pyridine rings is 1. The standard InChI is InChI=1S/C33H28Cl4N4O6S/c1-47-33(44)28(11-19-7-9-24(10-8-19)39-32(43)30-26(36)16-38-17-27(30)37)40-31(42)29-12-21(20-5-3-2-4-6-20)18-41(29)48(45,46)25-14-22(34)13-23(35)15-25/h2-10,13-17,21,28-29H,11-12,18H2,1H3,(H,39,43)(H,40,42)/t21?,28-,29?/m0/s1. The van der Waals surface area contributed by atoms with Crippen LogP contribution in [0.2, 0.25) is 20.1 Å². The highest BCUT2D eigenvalue weighted by Gasteiger charge is 2.45. The lowest BCUT2D eigenvalue weighted by molar-refractivity contribution is -0.145. The number of hydrogen-bond donors (Lipinski definition) is 2. The molecule has 2 N–H and O–H groups in total. The molecule has 3 aromatic carbocycles. The van der Waals surface area contributed by atoms with Gasteiger partial charge in [0.2, 0.25) is 15.9 Å². The van der Waals surface area contributed by atoms with E-state index in [4.69, 9.17) is 51.1 Å². The Balaban J connectivity index is 1.36. The summed E-state index contributed by atoms with van der Waals surface area (Å²) in [6.07, 6.45) is 2.79. The molecule has 15 heteroatoms. The summed E-state index contributed by atoms with van der Waals surface area (Å²) in [5, 5.41) is 5.85. The van der Waals surface area contributed by atoms with Crippen LogP contribution in [-0.4, -0.2) is 61.2 Å². The highest BCUT2D eigenvalue weighted by molar-refractivity contribution is 7.89. The number of benzene rings is 3. The molecule has 0 spiro atoms. The number of esters is 1. The van der Waals surface area contributed by atoms with E-state index in [-0.39, 0.29) is 55.9 Å². The van der Waals surface area contributed by atoms with Gasteiger partial charge in [0.15, 0.2) is 0 Å². The number of methoxy groups -OCH3 is 1. The Morgan fingerprint density at radius 3 is 2.17 bits per heavy atom.